The fraction of sp³-hybridized carbons (Fsp3) is 0.316. The normalized spacial score (nSPS) is 20.4. The first-order chi connectivity index (χ1) is 12.0. The summed E-state index contributed by atoms with van der Waals surface area (Å²) in [4.78, 5) is 30.6. The lowest BCUT2D eigenvalue weighted by molar-refractivity contribution is -0.125. The lowest BCUT2D eigenvalue weighted by Gasteiger charge is -2.27. The number of aryl methyl sites for hydroxylation is 1. The maximum absolute atomic E-state index is 12.7. The lowest BCUT2D eigenvalue weighted by atomic mass is 10.1. The van der Waals surface area contributed by atoms with Gasteiger partial charge in [-0.1, -0.05) is 36.4 Å². The molecule has 1 aliphatic heterocycles. The van der Waals surface area contributed by atoms with Gasteiger partial charge in [-0.05, 0) is 37.0 Å². The Morgan fingerprint density at radius 1 is 1.16 bits per heavy atom. The predicted molar refractivity (Wildman–Crippen MR) is 95.6 cm³/mol. The van der Waals surface area contributed by atoms with E-state index >= 15 is 0 Å². The van der Waals surface area contributed by atoms with Crippen LogP contribution in [-0.4, -0.2) is 33.8 Å². The second kappa shape index (κ2) is 7.44. The molecule has 1 aromatic heterocycles. The van der Waals surface area contributed by atoms with Gasteiger partial charge in [-0.15, -0.1) is 0 Å². The quantitative estimate of drug-likeness (QED) is 0.871. The van der Waals surface area contributed by atoms with Crippen molar-refractivity contribution >= 4 is 17.6 Å². The second-order valence-corrected chi connectivity index (χ2v) is 6.38. The number of likely N-dealkylation sites (tertiary alicyclic amines) is 1. The molecule has 130 valence electrons. The molecule has 6 nitrogen and oxygen atoms in total. The fourth-order valence-electron chi connectivity index (χ4n) is 3.22. The Kier molecular flexibility index (Phi) is 5.09. The van der Waals surface area contributed by atoms with Crippen LogP contribution >= 0.6 is 0 Å². The summed E-state index contributed by atoms with van der Waals surface area (Å²) in [6.07, 6.45) is 2.89. The van der Waals surface area contributed by atoms with Crippen LogP contribution in [0.3, 0.4) is 0 Å². The van der Waals surface area contributed by atoms with Crippen molar-refractivity contribution in [2.24, 2.45) is 5.73 Å². The summed E-state index contributed by atoms with van der Waals surface area (Å²) in [5.41, 5.74) is 7.62. The molecule has 3 N–H and O–H groups in total. The summed E-state index contributed by atoms with van der Waals surface area (Å²) in [5.74, 6) is -0.0338. The van der Waals surface area contributed by atoms with Crippen LogP contribution < -0.4 is 11.1 Å². The molecule has 0 unspecified atom stereocenters. The van der Waals surface area contributed by atoms with E-state index in [0.717, 1.165) is 11.1 Å². The molecule has 25 heavy (non-hydrogen) atoms. The van der Waals surface area contributed by atoms with E-state index < -0.39 is 12.1 Å². The van der Waals surface area contributed by atoms with Gasteiger partial charge in [0, 0.05) is 12.7 Å². The highest BCUT2D eigenvalue weighted by atomic mass is 16.2. The van der Waals surface area contributed by atoms with Crippen LogP contribution in [0, 0.1) is 6.92 Å². The summed E-state index contributed by atoms with van der Waals surface area (Å²) in [6, 6.07) is 12.6. The largest absolute Gasteiger partial charge is 0.368 e. The molecule has 1 aromatic carbocycles. The third-order valence-electron chi connectivity index (χ3n) is 4.52. The molecule has 0 aliphatic carbocycles. The maximum atomic E-state index is 12.7. The van der Waals surface area contributed by atoms with Gasteiger partial charge in [0.15, 0.2) is 0 Å². The Hall–Kier alpha value is -2.73. The van der Waals surface area contributed by atoms with Gasteiger partial charge in [-0.25, -0.2) is 4.98 Å². The number of carbonyl (C=O) groups is 2. The molecule has 2 amide bonds. The molecule has 0 spiro atoms. The number of pyridine rings is 1. The molecular formula is C19H22N4O2. The molecule has 3 rings (SSSR count). The number of rotatable bonds is 5. The van der Waals surface area contributed by atoms with Crippen molar-refractivity contribution in [2.45, 2.75) is 38.4 Å². The average Bonchev–Trinajstić information content (AvgIpc) is 3.02. The van der Waals surface area contributed by atoms with Crippen LogP contribution in [0.25, 0.3) is 0 Å². The van der Waals surface area contributed by atoms with E-state index in [2.05, 4.69) is 10.3 Å². The summed E-state index contributed by atoms with van der Waals surface area (Å²) in [5, 5.41) is 2.84. The number of hydrogen-bond acceptors (Lipinski definition) is 4. The van der Waals surface area contributed by atoms with Crippen molar-refractivity contribution in [1.29, 1.82) is 0 Å². The minimum Gasteiger partial charge on any atom is -0.368 e. The Bertz CT molecular complexity index is 746. The van der Waals surface area contributed by atoms with Gasteiger partial charge in [0.1, 0.15) is 5.82 Å². The molecule has 1 saturated heterocycles. The highest BCUT2D eigenvalue weighted by Crippen LogP contribution is 2.27. The van der Waals surface area contributed by atoms with Crippen LogP contribution in [0.1, 0.15) is 24.0 Å². The number of nitrogens with one attached hydrogen (secondary N) is 1. The number of hydrogen-bond donors (Lipinski definition) is 2. The average molecular weight is 338 g/mol. The molecule has 6 heteroatoms. The van der Waals surface area contributed by atoms with Gasteiger partial charge < -0.3 is 11.1 Å². The second-order valence-electron chi connectivity index (χ2n) is 6.38. The third-order valence-corrected chi connectivity index (χ3v) is 4.52. The van der Waals surface area contributed by atoms with Crippen molar-refractivity contribution in [3.63, 3.8) is 0 Å². The Morgan fingerprint density at radius 3 is 2.52 bits per heavy atom. The SMILES string of the molecule is Cc1ccc(NC(=O)[C@H]2CC[C@@H](C(N)=O)N2Cc2ccccc2)nc1. The van der Waals surface area contributed by atoms with Crippen LogP contribution in [-0.2, 0) is 16.1 Å². The van der Waals surface area contributed by atoms with Gasteiger partial charge in [-0.3, -0.25) is 14.5 Å². The van der Waals surface area contributed by atoms with Crippen molar-refractivity contribution in [2.75, 3.05) is 5.32 Å². The molecule has 2 atom stereocenters. The zero-order chi connectivity index (χ0) is 17.8. The number of anilines is 1. The van der Waals surface area contributed by atoms with Crippen molar-refractivity contribution in [3.05, 3.63) is 59.8 Å². The van der Waals surface area contributed by atoms with Crippen molar-refractivity contribution < 1.29 is 9.59 Å². The van der Waals surface area contributed by atoms with E-state index in [4.69, 9.17) is 5.73 Å². The molecule has 1 fully saturated rings. The Balaban J connectivity index is 1.76. The standard InChI is InChI=1S/C19H22N4O2/c1-13-7-10-17(21-11-13)22-19(25)16-9-8-15(18(20)24)23(16)12-14-5-3-2-4-6-14/h2-7,10-11,15-16H,8-9,12H2,1H3,(H2,20,24)(H,21,22,25)/t15-,16+/m0/s1. The van der Waals surface area contributed by atoms with Crippen LogP contribution in [0.15, 0.2) is 48.7 Å². The summed E-state index contributed by atoms with van der Waals surface area (Å²) < 4.78 is 0. The Labute approximate surface area is 147 Å². The van der Waals surface area contributed by atoms with Crippen LogP contribution in [0.4, 0.5) is 5.82 Å². The van der Waals surface area contributed by atoms with Gasteiger partial charge >= 0.3 is 0 Å². The van der Waals surface area contributed by atoms with Crippen molar-refractivity contribution in [3.8, 4) is 0 Å². The van der Waals surface area contributed by atoms with E-state index in [-0.39, 0.29) is 11.8 Å². The minimum atomic E-state index is -0.429. The third kappa shape index (κ3) is 4.03. The smallest absolute Gasteiger partial charge is 0.242 e. The van der Waals surface area contributed by atoms with E-state index in [1.807, 2.05) is 48.2 Å². The van der Waals surface area contributed by atoms with Crippen LogP contribution in [0.2, 0.25) is 0 Å². The van der Waals surface area contributed by atoms with Gasteiger partial charge in [0.2, 0.25) is 11.8 Å². The monoisotopic (exact) mass is 338 g/mol. The Morgan fingerprint density at radius 2 is 1.88 bits per heavy atom. The summed E-state index contributed by atoms with van der Waals surface area (Å²) in [7, 11) is 0. The predicted octanol–water partition coefficient (Wildman–Crippen LogP) is 1.85. The summed E-state index contributed by atoms with van der Waals surface area (Å²) in [6.45, 7) is 2.45. The highest BCUT2D eigenvalue weighted by Gasteiger charge is 2.40. The van der Waals surface area contributed by atoms with Crippen molar-refractivity contribution in [1.82, 2.24) is 9.88 Å². The highest BCUT2D eigenvalue weighted by molar-refractivity contribution is 5.95. The maximum Gasteiger partial charge on any atom is 0.242 e. The number of primary amides is 1. The summed E-state index contributed by atoms with van der Waals surface area (Å²) >= 11 is 0. The number of benzene rings is 1. The van der Waals surface area contributed by atoms with E-state index in [1.54, 1.807) is 12.3 Å². The van der Waals surface area contributed by atoms with E-state index in [1.165, 1.54) is 0 Å². The lowest BCUT2D eigenvalue weighted by Crippen LogP contribution is -2.47. The molecule has 0 radical (unpaired) electrons. The topological polar surface area (TPSA) is 88.3 Å². The molecule has 2 heterocycles. The van der Waals surface area contributed by atoms with Gasteiger partial charge in [0.05, 0.1) is 12.1 Å². The van der Waals surface area contributed by atoms with E-state index in [0.29, 0.717) is 25.2 Å². The number of aromatic nitrogens is 1. The molecule has 2 aromatic rings. The number of amides is 2. The molecule has 1 aliphatic rings. The number of carbonyl (C=O) groups excluding carboxylic acids is 2. The van der Waals surface area contributed by atoms with E-state index in [9.17, 15) is 9.59 Å². The van der Waals surface area contributed by atoms with Crippen LogP contribution in [0.5, 0.6) is 0 Å². The first kappa shape index (κ1) is 17.1. The fourth-order valence-corrected chi connectivity index (χ4v) is 3.22. The molecule has 0 saturated carbocycles. The van der Waals surface area contributed by atoms with Gasteiger partial charge in [0.25, 0.3) is 0 Å². The first-order valence-electron chi connectivity index (χ1n) is 8.37. The van der Waals surface area contributed by atoms with Gasteiger partial charge in [-0.2, -0.15) is 0 Å². The number of nitrogens with zero attached hydrogens (tertiary/aromatic N) is 2. The zero-order valence-corrected chi connectivity index (χ0v) is 14.2. The zero-order valence-electron chi connectivity index (χ0n) is 14.2. The molecule has 0 bridgehead atoms. The minimum absolute atomic E-state index is 0.156. The number of nitrogens with two attached hydrogens (primary N) is 1. The first-order valence-corrected chi connectivity index (χ1v) is 8.37. The molecular weight excluding hydrogens is 316 g/mol.